The van der Waals surface area contributed by atoms with Crippen LogP contribution in [-0.4, -0.2) is 34.7 Å². The maximum Gasteiger partial charge on any atom is 0.293 e. The Balaban J connectivity index is 1.64. The van der Waals surface area contributed by atoms with Gasteiger partial charge in [0, 0.05) is 25.2 Å². The van der Waals surface area contributed by atoms with E-state index >= 15 is 0 Å². The lowest BCUT2D eigenvalue weighted by atomic mass is 10.3. The van der Waals surface area contributed by atoms with Crippen LogP contribution in [0.25, 0.3) is 0 Å². The molecule has 1 aliphatic carbocycles. The minimum Gasteiger partial charge on any atom is -0.491 e. The molecule has 0 unspecified atom stereocenters. The van der Waals surface area contributed by atoms with Crippen molar-refractivity contribution in [2.24, 2.45) is 0 Å². The third-order valence-electron chi connectivity index (χ3n) is 3.89. The molecule has 0 radical (unpaired) electrons. The van der Waals surface area contributed by atoms with E-state index in [0.29, 0.717) is 12.5 Å². The monoisotopic (exact) mass is 317 g/mol. The molecule has 7 nitrogen and oxygen atoms in total. The van der Waals surface area contributed by atoms with Gasteiger partial charge in [0.15, 0.2) is 5.75 Å². The van der Waals surface area contributed by atoms with Gasteiger partial charge >= 0.3 is 0 Å². The third-order valence-corrected chi connectivity index (χ3v) is 3.89. The first-order valence-electron chi connectivity index (χ1n) is 7.51. The molecule has 0 spiro atoms. The number of nitrogens with zero attached hydrogens (tertiary/aromatic N) is 3. The Hall–Kier alpha value is -2.57. The van der Waals surface area contributed by atoms with Crippen molar-refractivity contribution >= 4 is 5.91 Å². The number of ether oxygens (including phenoxy) is 1. The van der Waals surface area contributed by atoms with Crippen LogP contribution in [-0.2, 0) is 17.9 Å². The van der Waals surface area contributed by atoms with E-state index in [4.69, 9.17) is 9.26 Å². The van der Waals surface area contributed by atoms with Crippen LogP contribution in [0, 0.1) is 0 Å². The average Bonchev–Trinajstić information content (AvgIpc) is 3.29. The Bertz CT molecular complexity index is 761. The smallest absolute Gasteiger partial charge is 0.293 e. The highest BCUT2D eigenvalue weighted by Crippen LogP contribution is 2.40. The molecule has 0 aromatic carbocycles. The van der Waals surface area contributed by atoms with E-state index in [-0.39, 0.29) is 23.8 Å². The number of hydrogen-bond donors (Lipinski definition) is 0. The number of methoxy groups -OCH3 is 1. The highest BCUT2D eigenvalue weighted by atomic mass is 16.5. The largest absolute Gasteiger partial charge is 0.491 e. The summed E-state index contributed by atoms with van der Waals surface area (Å²) in [5.74, 6) is 1.42. The third kappa shape index (κ3) is 3.44. The first-order chi connectivity index (χ1) is 11.1. The zero-order valence-electron chi connectivity index (χ0n) is 13.2. The van der Waals surface area contributed by atoms with Crippen molar-refractivity contribution in [3.05, 3.63) is 46.2 Å². The second kappa shape index (κ2) is 6.28. The van der Waals surface area contributed by atoms with E-state index in [1.54, 1.807) is 25.4 Å². The van der Waals surface area contributed by atoms with E-state index in [1.165, 1.54) is 16.6 Å². The quantitative estimate of drug-likeness (QED) is 0.804. The van der Waals surface area contributed by atoms with Gasteiger partial charge in [0.2, 0.25) is 5.91 Å². The van der Waals surface area contributed by atoms with Gasteiger partial charge in [-0.2, -0.15) is 0 Å². The Morgan fingerprint density at radius 2 is 2.30 bits per heavy atom. The molecule has 122 valence electrons. The number of carbonyl (C=O) groups is 1. The average molecular weight is 317 g/mol. The van der Waals surface area contributed by atoms with Crippen molar-refractivity contribution in [1.29, 1.82) is 0 Å². The SMILES string of the molecule is COc1cccn(CC(=O)N(C)Cc2cc(C3CC3)on2)c1=O. The molecule has 2 heterocycles. The van der Waals surface area contributed by atoms with E-state index in [1.807, 2.05) is 6.07 Å². The minimum absolute atomic E-state index is 0.0418. The molecule has 1 aliphatic rings. The summed E-state index contributed by atoms with van der Waals surface area (Å²) in [7, 11) is 3.11. The highest BCUT2D eigenvalue weighted by molar-refractivity contribution is 5.75. The van der Waals surface area contributed by atoms with Gasteiger partial charge < -0.3 is 18.7 Å². The fourth-order valence-corrected chi connectivity index (χ4v) is 2.36. The Labute approximate surface area is 133 Å². The van der Waals surface area contributed by atoms with Gasteiger partial charge in [0.25, 0.3) is 5.56 Å². The summed E-state index contributed by atoms with van der Waals surface area (Å²) in [6.45, 7) is 0.313. The van der Waals surface area contributed by atoms with Crippen LogP contribution in [0.1, 0.15) is 30.2 Å². The van der Waals surface area contributed by atoms with Gasteiger partial charge in [0.1, 0.15) is 18.0 Å². The van der Waals surface area contributed by atoms with Crippen molar-refractivity contribution in [3.8, 4) is 5.75 Å². The number of rotatable bonds is 6. The van der Waals surface area contributed by atoms with Gasteiger partial charge in [-0.3, -0.25) is 9.59 Å². The predicted molar refractivity (Wildman–Crippen MR) is 82.2 cm³/mol. The molecule has 0 aliphatic heterocycles. The lowest BCUT2D eigenvalue weighted by molar-refractivity contribution is -0.131. The van der Waals surface area contributed by atoms with Crippen LogP contribution in [0.5, 0.6) is 5.75 Å². The fourth-order valence-electron chi connectivity index (χ4n) is 2.36. The number of aromatic nitrogens is 2. The van der Waals surface area contributed by atoms with E-state index in [0.717, 1.165) is 24.3 Å². The predicted octanol–water partition coefficient (Wildman–Crippen LogP) is 1.38. The summed E-state index contributed by atoms with van der Waals surface area (Å²) in [4.78, 5) is 25.9. The lowest BCUT2D eigenvalue weighted by Crippen LogP contribution is -2.33. The van der Waals surface area contributed by atoms with Crippen molar-refractivity contribution in [3.63, 3.8) is 0 Å². The fraction of sp³-hybridized carbons (Fsp3) is 0.438. The molecule has 0 bridgehead atoms. The molecule has 1 fully saturated rings. The maximum atomic E-state index is 12.3. The molecule has 0 saturated heterocycles. The zero-order chi connectivity index (χ0) is 16.4. The summed E-state index contributed by atoms with van der Waals surface area (Å²) in [6.07, 6.45) is 3.85. The first-order valence-corrected chi connectivity index (χ1v) is 7.51. The number of likely N-dealkylation sites (N-methyl/N-ethyl adjacent to an activating group) is 1. The van der Waals surface area contributed by atoms with Crippen LogP contribution < -0.4 is 10.3 Å². The van der Waals surface area contributed by atoms with Crippen molar-refractivity contribution in [2.75, 3.05) is 14.2 Å². The number of carbonyl (C=O) groups excluding carboxylic acids is 1. The number of amides is 1. The molecule has 1 saturated carbocycles. The first kappa shape index (κ1) is 15.3. The van der Waals surface area contributed by atoms with Crippen molar-refractivity contribution in [1.82, 2.24) is 14.6 Å². The molecule has 2 aromatic rings. The number of pyridine rings is 1. The summed E-state index contributed by atoms with van der Waals surface area (Å²) < 4.78 is 11.6. The summed E-state index contributed by atoms with van der Waals surface area (Å²) in [5.41, 5.74) is 0.398. The van der Waals surface area contributed by atoms with Crippen LogP contribution in [0.4, 0.5) is 0 Å². The standard InChI is InChI=1S/C16H19N3O4/c1-18(9-12-8-14(23-17-12)11-5-6-11)15(20)10-19-7-3-4-13(22-2)16(19)21/h3-4,7-8,11H,5-6,9-10H2,1-2H3. The Morgan fingerprint density at radius 3 is 3.00 bits per heavy atom. The molecule has 0 N–H and O–H groups in total. The van der Waals surface area contributed by atoms with E-state index < -0.39 is 0 Å². The molecule has 7 heteroatoms. The normalized spacial score (nSPS) is 13.8. The topological polar surface area (TPSA) is 77.6 Å². The molecule has 0 atom stereocenters. The Kier molecular flexibility index (Phi) is 4.18. The minimum atomic E-state index is -0.325. The van der Waals surface area contributed by atoms with E-state index in [2.05, 4.69) is 5.16 Å². The van der Waals surface area contributed by atoms with Gasteiger partial charge in [-0.25, -0.2) is 0 Å². The molecule has 3 rings (SSSR count). The summed E-state index contributed by atoms with van der Waals surface area (Å²) in [5, 5.41) is 3.99. The zero-order valence-corrected chi connectivity index (χ0v) is 13.2. The van der Waals surface area contributed by atoms with Gasteiger partial charge in [-0.1, -0.05) is 5.16 Å². The van der Waals surface area contributed by atoms with Crippen LogP contribution >= 0.6 is 0 Å². The van der Waals surface area contributed by atoms with Crippen LogP contribution in [0.15, 0.2) is 33.7 Å². The van der Waals surface area contributed by atoms with Crippen LogP contribution in [0.2, 0.25) is 0 Å². The van der Waals surface area contributed by atoms with Crippen molar-refractivity contribution < 1.29 is 14.1 Å². The van der Waals surface area contributed by atoms with Gasteiger partial charge in [-0.05, 0) is 25.0 Å². The lowest BCUT2D eigenvalue weighted by Gasteiger charge is -2.16. The molecule has 23 heavy (non-hydrogen) atoms. The van der Waals surface area contributed by atoms with Gasteiger partial charge in [0.05, 0.1) is 13.7 Å². The second-order valence-corrected chi connectivity index (χ2v) is 5.75. The number of hydrogen-bond acceptors (Lipinski definition) is 5. The molecular formula is C16H19N3O4. The van der Waals surface area contributed by atoms with Crippen LogP contribution in [0.3, 0.4) is 0 Å². The molecule has 1 amide bonds. The van der Waals surface area contributed by atoms with E-state index in [9.17, 15) is 9.59 Å². The van der Waals surface area contributed by atoms with Crippen molar-refractivity contribution in [2.45, 2.75) is 31.8 Å². The van der Waals surface area contributed by atoms with Gasteiger partial charge in [-0.15, -0.1) is 0 Å². The maximum absolute atomic E-state index is 12.3. The summed E-state index contributed by atoms with van der Waals surface area (Å²) >= 11 is 0. The Morgan fingerprint density at radius 1 is 1.52 bits per heavy atom. The molecule has 2 aromatic heterocycles. The summed E-state index contributed by atoms with van der Waals surface area (Å²) in [6, 6.07) is 5.15. The molecular weight excluding hydrogens is 298 g/mol. The second-order valence-electron chi connectivity index (χ2n) is 5.75. The highest BCUT2D eigenvalue weighted by Gasteiger charge is 2.28.